The highest BCUT2D eigenvalue weighted by molar-refractivity contribution is 6.31. The van der Waals surface area contributed by atoms with E-state index < -0.39 is 0 Å². The largest absolute Gasteiger partial charge is 0.326 e. The van der Waals surface area contributed by atoms with Crippen molar-refractivity contribution in [3.8, 4) is 0 Å². The summed E-state index contributed by atoms with van der Waals surface area (Å²) in [5.41, 5.74) is 5.60. The number of halogens is 1. The molecule has 2 N–H and O–H groups in total. The van der Waals surface area contributed by atoms with Crippen molar-refractivity contribution in [3.63, 3.8) is 0 Å². The maximum absolute atomic E-state index is 12.0. The fourth-order valence-electron chi connectivity index (χ4n) is 2.21. The van der Waals surface area contributed by atoms with Gasteiger partial charge in [-0.15, -0.1) is 0 Å². The number of allylic oxidation sites excluding steroid dienone is 1. The van der Waals surface area contributed by atoms with Crippen LogP contribution in [0.4, 0.5) is 5.69 Å². The van der Waals surface area contributed by atoms with Gasteiger partial charge in [0.15, 0.2) is 0 Å². The second-order valence-corrected chi connectivity index (χ2v) is 6.40. The van der Waals surface area contributed by atoms with Gasteiger partial charge in [-0.3, -0.25) is 9.59 Å². The Morgan fingerprint density at radius 3 is 2.48 bits per heavy atom. The summed E-state index contributed by atoms with van der Waals surface area (Å²) in [6.07, 6.45) is 3.83. The zero-order valence-corrected chi connectivity index (χ0v) is 16.1. The summed E-state index contributed by atoms with van der Waals surface area (Å²) in [6, 6.07) is 15.1. The lowest BCUT2D eigenvalue weighted by Crippen LogP contribution is -2.21. The minimum Gasteiger partial charge on any atom is -0.326 e. The normalized spacial score (nSPS) is 11.4. The minimum absolute atomic E-state index is 0.0463. The summed E-state index contributed by atoms with van der Waals surface area (Å²) in [5.74, 6) is -0.569. The van der Waals surface area contributed by atoms with Crippen LogP contribution in [-0.2, 0) is 9.59 Å². The predicted molar refractivity (Wildman–Crippen MR) is 111 cm³/mol. The first-order chi connectivity index (χ1) is 13.0. The van der Waals surface area contributed by atoms with Crippen LogP contribution in [0.2, 0.25) is 5.02 Å². The Morgan fingerprint density at radius 1 is 1.04 bits per heavy atom. The molecular formula is C21H22ClN3O2. The smallest absolute Gasteiger partial charge is 0.240 e. The third-order valence-electron chi connectivity index (χ3n) is 3.79. The summed E-state index contributed by atoms with van der Waals surface area (Å²) in [7, 11) is 0. The van der Waals surface area contributed by atoms with Crippen molar-refractivity contribution in [2.24, 2.45) is 5.10 Å². The van der Waals surface area contributed by atoms with Crippen molar-refractivity contribution in [3.05, 3.63) is 70.8 Å². The van der Waals surface area contributed by atoms with Crippen LogP contribution in [0.25, 0.3) is 6.08 Å². The lowest BCUT2D eigenvalue weighted by molar-refractivity contribution is -0.124. The van der Waals surface area contributed by atoms with Crippen molar-refractivity contribution >= 4 is 40.9 Å². The highest BCUT2D eigenvalue weighted by atomic mass is 35.5. The molecule has 0 saturated heterocycles. The van der Waals surface area contributed by atoms with Gasteiger partial charge in [-0.2, -0.15) is 5.10 Å². The van der Waals surface area contributed by atoms with Crippen LogP contribution in [0.3, 0.4) is 0 Å². The average molecular weight is 384 g/mol. The number of carbonyl (C=O) groups excluding carboxylic acids is 2. The van der Waals surface area contributed by atoms with Gasteiger partial charge in [-0.1, -0.05) is 54.1 Å². The lowest BCUT2D eigenvalue weighted by Gasteiger charge is -2.09. The molecule has 0 radical (unpaired) electrons. The Labute approximate surface area is 164 Å². The molecule has 140 valence electrons. The number of hydrogen-bond acceptors (Lipinski definition) is 3. The van der Waals surface area contributed by atoms with Gasteiger partial charge in [0.05, 0.1) is 5.71 Å². The van der Waals surface area contributed by atoms with Crippen molar-refractivity contribution < 1.29 is 9.59 Å². The fraction of sp³-hybridized carbons (Fsp3) is 0.190. The molecule has 2 rings (SSSR count). The summed E-state index contributed by atoms with van der Waals surface area (Å²) in [5, 5.41) is 7.35. The van der Waals surface area contributed by atoms with Gasteiger partial charge in [-0.25, -0.2) is 5.43 Å². The van der Waals surface area contributed by atoms with Crippen molar-refractivity contribution in [1.82, 2.24) is 5.43 Å². The Balaban J connectivity index is 1.77. The zero-order valence-electron chi connectivity index (χ0n) is 15.3. The third kappa shape index (κ3) is 7.07. The topological polar surface area (TPSA) is 70.6 Å². The van der Waals surface area contributed by atoms with Crippen LogP contribution in [-0.4, -0.2) is 17.5 Å². The van der Waals surface area contributed by atoms with Crippen LogP contribution < -0.4 is 10.7 Å². The number of nitrogens with one attached hydrogen (secondary N) is 2. The molecule has 0 spiro atoms. The van der Waals surface area contributed by atoms with E-state index >= 15 is 0 Å². The van der Waals surface area contributed by atoms with Gasteiger partial charge in [-0.05, 0) is 43.2 Å². The van der Waals surface area contributed by atoms with E-state index in [1.54, 1.807) is 25.1 Å². The van der Waals surface area contributed by atoms with Gasteiger partial charge in [0.25, 0.3) is 0 Å². The molecule has 0 aliphatic carbocycles. The predicted octanol–water partition coefficient (Wildman–Crippen LogP) is 4.57. The second-order valence-electron chi connectivity index (χ2n) is 5.99. The molecule has 2 amide bonds. The monoisotopic (exact) mass is 383 g/mol. The molecular weight excluding hydrogens is 362 g/mol. The molecule has 2 aromatic carbocycles. The molecule has 0 aliphatic rings. The number of anilines is 1. The maximum atomic E-state index is 12.0. The molecule has 0 atom stereocenters. The molecule has 0 aliphatic heterocycles. The van der Waals surface area contributed by atoms with E-state index in [1.807, 2.05) is 49.4 Å². The summed E-state index contributed by atoms with van der Waals surface area (Å²) < 4.78 is 0. The van der Waals surface area contributed by atoms with E-state index in [4.69, 9.17) is 11.6 Å². The summed E-state index contributed by atoms with van der Waals surface area (Å²) in [4.78, 5) is 23.9. The van der Waals surface area contributed by atoms with E-state index in [0.717, 1.165) is 11.1 Å². The first-order valence-electron chi connectivity index (χ1n) is 8.57. The fourth-order valence-corrected chi connectivity index (χ4v) is 2.38. The Morgan fingerprint density at radius 2 is 1.74 bits per heavy atom. The SMILES string of the molecule is CC(C=Cc1ccccc1)=NNC(=O)CCC(=O)Nc1cccc(Cl)c1C. The number of hydrogen-bond donors (Lipinski definition) is 2. The Bertz CT molecular complexity index is 861. The van der Waals surface area contributed by atoms with Gasteiger partial charge in [0.1, 0.15) is 0 Å². The molecule has 0 heterocycles. The molecule has 5 nitrogen and oxygen atoms in total. The molecule has 0 aromatic heterocycles. The second kappa shape index (κ2) is 10.3. The van der Waals surface area contributed by atoms with Gasteiger partial charge in [0.2, 0.25) is 11.8 Å². The molecule has 0 unspecified atom stereocenters. The van der Waals surface area contributed by atoms with Gasteiger partial charge in [0, 0.05) is 23.6 Å². The first-order valence-corrected chi connectivity index (χ1v) is 8.94. The zero-order chi connectivity index (χ0) is 19.6. The number of benzene rings is 2. The molecule has 27 heavy (non-hydrogen) atoms. The van der Waals surface area contributed by atoms with E-state index in [2.05, 4.69) is 15.8 Å². The highest BCUT2D eigenvalue weighted by Crippen LogP contribution is 2.23. The molecule has 0 saturated carbocycles. The number of nitrogens with zero attached hydrogens (tertiary/aromatic N) is 1. The minimum atomic E-state index is -0.319. The van der Waals surface area contributed by atoms with E-state index in [1.165, 1.54) is 0 Å². The number of carbonyl (C=O) groups is 2. The van der Waals surface area contributed by atoms with Crippen LogP contribution in [0.15, 0.2) is 59.7 Å². The third-order valence-corrected chi connectivity index (χ3v) is 4.20. The molecule has 0 fully saturated rings. The standard InChI is InChI=1S/C21H22ClN3O2/c1-15(11-12-17-7-4-3-5-8-17)24-25-21(27)14-13-20(26)23-19-10-6-9-18(22)16(19)2/h3-12H,13-14H2,1-2H3,(H,23,26)(H,25,27). The quantitative estimate of drug-likeness (QED) is 0.543. The van der Waals surface area contributed by atoms with Crippen molar-refractivity contribution in [2.45, 2.75) is 26.7 Å². The van der Waals surface area contributed by atoms with Crippen LogP contribution >= 0.6 is 11.6 Å². The first kappa shape index (κ1) is 20.4. The van der Waals surface area contributed by atoms with Crippen molar-refractivity contribution in [2.75, 3.05) is 5.32 Å². The van der Waals surface area contributed by atoms with E-state index in [0.29, 0.717) is 16.4 Å². The van der Waals surface area contributed by atoms with Crippen LogP contribution in [0.5, 0.6) is 0 Å². The summed E-state index contributed by atoms with van der Waals surface area (Å²) in [6.45, 7) is 3.61. The van der Waals surface area contributed by atoms with E-state index in [-0.39, 0.29) is 24.7 Å². The number of hydrazone groups is 1. The van der Waals surface area contributed by atoms with Crippen LogP contribution in [0, 0.1) is 6.92 Å². The molecule has 6 heteroatoms. The number of rotatable bonds is 7. The van der Waals surface area contributed by atoms with Gasteiger partial charge >= 0.3 is 0 Å². The van der Waals surface area contributed by atoms with E-state index in [9.17, 15) is 9.59 Å². The lowest BCUT2D eigenvalue weighted by atomic mass is 10.2. The highest BCUT2D eigenvalue weighted by Gasteiger charge is 2.09. The Kier molecular flexibility index (Phi) is 7.77. The van der Waals surface area contributed by atoms with Crippen molar-refractivity contribution in [1.29, 1.82) is 0 Å². The molecule has 0 bridgehead atoms. The average Bonchev–Trinajstić information content (AvgIpc) is 2.67. The Hall–Kier alpha value is -2.92. The van der Waals surface area contributed by atoms with Gasteiger partial charge < -0.3 is 5.32 Å². The maximum Gasteiger partial charge on any atom is 0.240 e. The molecule has 2 aromatic rings. The number of amides is 2. The van der Waals surface area contributed by atoms with Crippen LogP contribution in [0.1, 0.15) is 30.9 Å². The summed E-state index contributed by atoms with van der Waals surface area (Å²) >= 11 is 6.02.